The van der Waals surface area contributed by atoms with Gasteiger partial charge in [-0.25, -0.2) is 13.1 Å². The maximum Gasteiger partial charge on any atom is 0.240 e. The minimum Gasteiger partial charge on any atom is -0.385 e. The highest BCUT2D eigenvalue weighted by Gasteiger charge is 2.28. The summed E-state index contributed by atoms with van der Waals surface area (Å²) in [5, 5.41) is 3.25. The lowest BCUT2D eigenvalue weighted by Gasteiger charge is -2.18. The second kappa shape index (κ2) is 3.99. The molecule has 0 aromatic heterocycles. The Morgan fingerprint density at radius 2 is 2.12 bits per heavy atom. The van der Waals surface area contributed by atoms with Crippen molar-refractivity contribution in [1.82, 2.24) is 4.72 Å². The topological polar surface area (TPSA) is 58.2 Å². The van der Waals surface area contributed by atoms with Crippen molar-refractivity contribution in [3.8, 4) is 0 Å². The molecule has 0 atom stereocenters. The first-order valence-corrected chi connectivity index (χ1v) is 7.53. The maximum absolute atomic E-state index is 12.0. The average Bonchev–Trinajstić information content (AvgIpc) is 3.11. The standard InChI is InChI=1S/C12H16N2O2S/c15-17(16,14-10-4-5-10)11-6-3-9-2-1-7-13-12(9)8-11/h3,6,8,10,13-14H,1-2,4-5,7H2. The van der Waals surface area contributed by atoms with Crippen LogP contribution in [-0.4, -0.2) is 21.0 Å². The Balaban J connectivity index is 1.92. The molecule has 4 nitrogen and oxygen atoms in total. The molecule has 92 valence electrons. The average molecular weight is 252 g/mol. The van der Waals surface area contributed by atoms with Gasteiger partial charge in [-0.15, -0.1) is 0 Å². The summed E-state index contributed by atoms with van der Waals surface area (Å²) >= 11 is 0. The van der Waals surface area contributed by atoms with Gasteiger partial charge in [0.15, 0.2) is 0 Å². The maximum atomic E-state index is 12.0. The number of rotatable bonds is 3. The fourth-order valence-electron chi connectivity index (χ4n) is 2.10. The molecular formula is C12H16N2O2S. The van der Waals surface area contributed by atoms with Gasteiger partial charge in [-0.05, 0) is 43.4 Å². The number of hydrogen-bond acceptors (Lipinski definition) is 3. The van der Waals surface area contributed by atoms with E-state index in [1.807, 2.05) is 6.07 Å². The zero-order chi connectivity index (χ0) is 11.9. The third-order valence-electron chi connectivity index (χ3n) is 3.23. The Kier molecular flexibility index (Phi) is 2.60. The van der Waals surface area contributed by atoms with E-state index in [1.165, 1.54) is 5.56 Å². The highest BCUT2D eigenvalue weighted by molar-refractivity contribution is 7.89. The first-order valence-electron chi connectivity index (χ1n) is 6.04. The third kappa shape index (κ3) is 2.30. The summed E-state index contributed by atoms with van der Waals surface area (Å²) in [6.45, 7) is 0.923. The van der Waals surface area contributed by atoms with Crippen molar-refractivity contribution >= 4 is 15.7 Å². The van der Waals surface area contributed by atoms with Crippen molar-refractivity contribution in [2.45, 2.75) is 36.6 Å². The number of aryl methyl sites for hydroxylation is 1. The molecule has 5 heteroatoms. The molecule has 0 amide bonds. The summed E-state index contributed by atoms with van der Waals surface area (Å²) in [5.41, 5.74) is 2.18. The Hall–Kier alpha value is -1.07. The van der Waals surface area contributed by atoms with Crippen LogP contribution in [0.5, 0.6) is 0 Å². The normalized spacial score (nSPS) is 19.5. The van der Waals surface area contributed by atoms with E-state index in [-0.39, 0.29) is 6.04 Å². The number of benzene rings is 1. The summed E-state index contributed by atoms with van der Waals surface area (Å²) < 4.78 is 26.8. The number of fused-ring (bicyclic) bond motifs is 1. The quantitative estimate of drug-likeness (QED) is 0.857. The van der Waals surface area contributed by atoms with E-state index in [4.69, 9.17) is 0 Å². The molecule has 2 N–H and O–H groups in total. The molecule has 1 aromatic rings. The van der Waals surface area contributed by atoms with Gasteiger partial charge in [-0.2, -0.15) is 0 Å². The summed E-state index contributed by atoms with van der Waals surface area (Å²) in [6.07, 6.45) is 4.06. The molecule has 1 aliphatic heterocycles. The van der Waals surface area contributed by atoms with E-state index in [1.54, 1.807) is 12.1 Å². The Morgan fingerprint density at radius 1 is 1.29 bits per heavy atom. The highest BCUT2D eigenvalue weighted by atomic mass is 32.2. The first kappa shape index (κ1) is 11.0. The molecule has 1 aromatic carbocycles. The molecule has 0 radical (unpaired) electrons. The fourth-order valence-corrected chi connectivity index (χ4v) is 3.43. The van der Waals surface area contributed by atoms with E-state index in [0.29, 0.717) is 4.90 Å². The number of hydrogen-bond donors (Lipinski definition) is 2. The molecule has 1 fully saturated rings. The van der Waals surface area contributed by atoms with Gasteiger partial charge in [-0.1, -0.05) is 6.07 Å². The van der Waals surface area contributed by atoms with Crippen LogP contribution in [0.2, 0.25) is 0 Å². The van der Waals surface area contributed by atoms with Gasteiger partial charge in [0.1, 0.15) is 0 Å². The zero-order valence-electron chi connectivity index (χ0n) is 9.57. The van der Waals surface area contributed by atoms with E-state index < -0.39 is 10.0 Å². The first-order chi connectivity index (χ1) is 8.15. The molecule has 3 rings (SSSR count). The lowest BCUT2D eigenvalue weighted by Crippen LogP contribution is -2.26. The molecular weight excluding hydrogens is 236 g/mol. The van der Waals surface area contributed by atoms with E-state index in [2.05, 4.69) is 10.0 Å². The number of sulfonamides is 1. The van der Waals surface area contributed by atoms with Crippen molar-refractivity contribution < 1.29 is 8.42 Å². The molecule has 0 unspecified atom stereocenters. The predicted octanol–water partition coefficient (Wildman–Crippen LogP) is 1.49. The smallest absolute Gasteiger partial charge is 0.240 e. The molecule has 17 heavy (non-hydrogen) atoms. The second-order valence-electron chi connectivity index (χ2n) is 4.74. The van der Waals surface area contributed by atoms with Gasteiger partial charge < -0.3 is 5.32 Å². The summed E-state index contributed by atoms with van der Waals surface area (Å²) in [7, 11) is -3.32. The summed E-state index contributed by atoms with van der Waals surface area (Å²) in [4.78, 5) is 0.373. The van der Waals surface area contributed by atoms with Gasteiger partial charge in [0.05, 0.1) is 4.90 Å². The Labute approximate surface area is 101 Å². The van der Waals surface area contributed by atoms with Gasteiger partial charge in [0.2, 0.25) is 10.0 Å². The SMILES string of the molecule is O=S(=O)(NC1CC1)c1ccc2c(c1)NCCC2. The molecule has 1 heterocycles. The van der Waals surface area contributed by atoms with Crippen LogP contribution in [0.4, 0.5) is 5.69 Å². The van der Waals surface area contributed by atoms with Gasteiger partial charge in [-0.3, -0.25) is 0 Å². The molecule has 2 aliphatic rings. The van der Waals surface area contributed by atoms with Crippen LogP contribution < -0.4 is 10.0 Å². The van der Waals surface area contributed by atoms with E-state index in [0.717, 1.165) is 37.9 Å². The third-order valence-corrected chi connectivity index (χ3v) is 4.75. The van der Waals surface area contributed by atoms with E-state index in [9.17, 15) is 8.42 Å². The number of nitrogens with one attached hydrogen (secondary N) is 2. The highest BCUT2D eigenvalue weighted by Crippen LogP contribution is 2.27. The van der Waals surface area contributed by atoms with Crippen molar-refractivity contribution in [2.24, 2.45) is 0 Å². The van der Waals surface area contributed by atoms with Crippen LogP contribution in [0, 0.1) is 0 Å². The lowest BCUT2D eigenvalue weighted by atomic mass is 10.0. The van der Waals surface area contributed by atoms with Crippen LogP contribution in [0.1, 0.15) is 24.8 Å². The molecule has 0 saturated heterocycles. The fraction of sp³-hybridized carbons (Fsp3) is 0.500. The van der Waals surface area contributed by atoms with Gasteiger partial charge in [0.25, 0.3) is 0 Å². The van der Waals surface area contributed by atoms with E-state index >= 15 is 0 Å². The van der Waals surface area contributed by atoms with Gasteiger partial charge >= 0.3 is 0 Å². The Bertz CT molecular complexity index is 535. The molecule has 0 spiro atoms. The molecule has 1 aliphatic carbocycles. The van der Waals surface area contributed by atoms with Crippen molar-refractivity contribution in [3.05, 3.63) is 23.8 Å². The predicted molar refractivity (Wildman–Crippen MR) is 66.6 cm³/mol. The van der Waals surface area contributed by atoms with Crippen LogP contribution in [-0.2, 0) is 16.4 Å². The van der Waals surface area contributed by atoms with Crippen LogP contribution in [0.25, 0.3) is 0 Å². The Morgan fingerprint density at radius 3 is 2.88 bits per heavy atom. The zero-order valence-corrected chi connectivity index (χ0v) is 10.4. The minimum atomic E-state index is -3.32. The van der Waals surface area contributed by atoms with Crippen molar-refractivity contribution in [2.75, 3.05) is 11.9 Å². The minimum absolute atomic E-state index is 0.156. The van der Waals surface area contributed by atoms with Crippen LogP contribution in [0.15, 0.2) is 23.1 Å². The lowest BCUT2D eigenvalue weighted by molar-refractivity contribution is 0.581. The second-order valence-corrected chi connectivity index (χ2v) is 6.46. The van der Waals surface area contributed by atoms with Crippen molar-refractivity contribution in [3.63, 3.8) is 0 Å². The largest absolute Gasteiger partial charge is 0.385 e. The van der Waals surface area contributed by atoms with Crippen LogP contribution >= 0.6 is 0 Å². The van der Waals surface area contributed by atoms with Crippen molar-refractivity contribution in [1.29, 1.82) is 0 Å². The molecule has 0 bridgehead atoms. The molecule has 1 saturated carbocycles. The monoisotopic (exact) mass is 252 g/mol. The van der Waals surface area contributed by atoms with Crippen LogP contribution in [0.3, 0.4) is 0 Å². The van der Waals surface area contributed by atoms with Gasteiger partial charge in [0, 0.05) is 18.3 Å². The summed E-state index contributed by atoms with van der Waals surface area (Å²) in [6, 6.07) is 5.53. The number of anilines is 1. The summed E-state index contributed by atoms with van der Waals surface area (Å²) in [5.74, 6) is 0.